The molecule has 2 heterocycles. The first kappa shape index (κ1) is 22.0. The molecule has 0 radical (unpaired) electrons. The lowest BCUT2D eigenvalue weighted by molar-refractivity contribution is 0.438. The van der Waals surface area contributed by atoms with Crippen molar-refractivity contribution in [2.45, 2.75) is 30.9 Å². The number of para-hydroxylation sites is 1. The van der Waals surface area contributed by atoms with Crippen LogP contribution in [0.3, 0.4) is 0 Å². The highest BCUT2D eigenvalue weighted by molar-refractivity contribution is 9.09. The van der Waals surface area contributed by atoms with E-state index in [1.807, 2.05) is 50.0 Å². The number of hydrogen-bond acceptors (Lipinski definition) is 5. The Hall–Kier alpha value is -1.72. The molecule has 10 heteroatoms. The van der Waals surface area contributed by atoms with Crippen LogP contribution < -0.4 is 9.15 Å². The number of aromatic hydroxyl groups is 1. The molecule has 0 bridgehead atoms. The third kappa shape index (κ3) is 5.46. The van der Waals surface area contributed by atoms with Gasteiger partial charge in [0.05, 0.1) is 10.3 Å². The Kier molecular flexibility index (Phi) is 6.79. The van der Waals surface area contributed by atoms with Gasteiger partial charge in [0.2, 0.25) is 25.3 Å². The number of nitrogens with zero attached hydrogens (tertiary/aromatic N) is 1. The van der Waals surface area contributed by atoms with Crippen LogP contribution in [0.5, 0.6) is 11.5 Å². The molecule has 2 aromatic heterocycles. The maximum absolute atomic E-state index is 10.9. The van der Waals surface area contributed by atoms with Gasteiger partial charge >= 0.3 is 0 Å². The maximum atomic E-state index is 10.9. The molecule has 0 spiro atoms. The maximum Gasteiger partial charge on any atom is 0.242 e. The molecular weight excluding hydrogens is 476 g/mol. The van der Waals surface area contributed by atoms with E-state index < -0.39 is 19.6 Å². The average molecular weight is 499 g/mol. The van der Waals surface area contributed by atoms with Crippen LogP contribution in [-0.4, -0.2) is 33.7 Å². The van der Waals surface area contributed by atoms with Crippen LogP contribution in [0.4, 0.5) is 0 Å². The molecule has 0 aliphatic rings. The first-order valence-electron chi connectivity index (χ1n) is 9.04. The number of alkyl halides is 1. The number of halogens is 1. The molecule has 3 N–H and O–H groups in total. The molecule has 0 fully saturated rings. The lowest BCUT2D eigenvalue weighted by Crippen LogP contribution is -2.29. The Bertz CT molecular complexity index is 1040. The van der Waals surface area contributed by atoms with Crippen LogP contribution in [0.25, 0.3) is 22.2 Å². The smallest absolute Gasteiger partial charge is 0.242 e. The van der Waals surface area contributed by atoms with Gasteiger partial charge in [0.15, 0.2) is 17.3 Å². The first-order valence-corrected chi connectivity index (χ1v) is 14.5. The highest BCUT2D eigenvalue weighted by Gasteiger charge is 2.30. The van der Waals surface area contributed by atoms with Crippen molar-refractivity contribution in [3.05, 3.63) is 42.3 Å². The van der Waals surface area contributed by atoms with Gasteiger partial charge < -0.3 is 13.9 Å². The Morgan fingerprint density at radius 1 is 1.34 bits per heavy atom. The van der Waals surface area contributed by atoms with Gasteiger partial charge in [0, 0.05) is 23.7 Å². The van der Waals surface area contributed by atoms with Gasteiger partial charge in [-0.25, -0.2) is 8.93 Å². The average Bonchev–Trinajstić information content (AvgIpc) is 2.96. The molecule has 3 aromatic rings. The molecule has 0 amide bonds. The molecule has 29 heavy (non-hydrogen) atoms. The van der Waals surface area contributed by atoms with Crippen molar-refractivity contribution < 1.29 is 22.7 Å². The molecule has 156 valence electrons. The third-order valence-electron chi connectivity index (χ3n) is 4.03. The summed E-state index contributed by atoms with van der Waals surface area (Å²) in [7, 11) is -2.05. The SMILES string of the molecule is C[Si](C)(C)Oc1c(C(Br)CCNS(=O)O)oc(-c2cnc3ccccc3c2)c1O. The second-order valence-corrected chi connectivity index (χ2v) is 13.8. The van der Waals surface area contributed by atoms with E-state index in [2.05, 4.69) is 25.6 Å². The van der Waals surface area contributed by atoms with Crippen LogP contribution in [0.1, 0.15) is 17.0 Å². The highest BCUT2D eigenvalue weighted by Crippen LogP contribution is 2.48. The fourth-order valence-electron chi connectivity index (χ4n) is 2.83. The largest absolute Gasteiger partial charge is 0.539 e. The van der Waals surface area contributed by atoms with E-state index in [1.165, 1.54) is 0 Å². The topological polar surface area (TPSA) is 105 Å². The molecule has 0 aliphatic heterocycles. The van der Waals surface area contributed by atoms with Crippen LogP contribution >= 0.6 is 15.9 Å². The number of rotatable bonds is 8. The van der Waals surface area contributed by atoms with Gasteiger partial charge in [-0.15, -0.1) is 0 Å². The summed E-state index contributed by atoms with van der Waals surface area (Å²) in [6.07, 6.45) is 2.11. The molecule has 0 aliphatic carbocycles. The summed E-state index contributed by atoms with van der Waals surface area (Å²) < 4.78 is 34.3. The predicted molar refractivity (Wildman–Crippen MR) is 120 cm³/mol. The minimum atomic E-state index is -2.09. The summed E-state index contributed by atoms with van der Waals surface area (Å²) in [4.78, 5) is 4.12. The summed E-state index contributed by atoms with van der Waals surface area (Å²) in [6, 6.07) is 9.61. The zero-order chi connectivity index (χ0) is 21.2. The highest BCUT2D eigenvalue weighted by atomic mass is 79.9. The molecule has 7 nitrogen and oxygen atoms in total. The molecular formula is C19H23BrN2O5SSi. The number of benzene rings is 1. The van der Waals surface area contributed by atoms with Gasteiger partial charge in [-0.05, 0) is 38.2 Å². The summed E-state index contributed by atoms with van der Waals surface area (Å²) in [6.45, 7) is 6.32. The normalized spacial score (nSPS) is 14.1. The van der Waals surface area contributed by atoms with E-state index in [4.69, 9.17) is 13.4 Å². The lowest BCUT2D eigenvalue weighted by atomic mass is 10.1. The van der Waals surface area contributed by atoms with Crippen molar-refractivity contribution >= 4 is 46.4 Å². The van der Waals surface area contributed by atoms with Crippen LogP contribution in [0, 0.1) is 0 Å². The van der Waals surface area contributed by atoms with E-state index >= 15 is 0 Å². The lowest BCUT2D eigenvalue weighted by Gasteiger charge is -2.20. The number of nitrogens with one attached hydrogen (secondary N) is 1. The number of aromatic nitrogens is 1. The second-order valence-electron chi connectivity index (χ2n) is 7.50. The van der Waals surface area contributed by atoms with Gasteiger partial charge in [-0.3, -0.25) is 9.54 Å². The fraction of sp³-hybridized carbons (Fsp3) is 0.316. The van der Waals surface area contributed by atoms with Crippen molar-refractivity contribution in [1.82, 2.24) is 9.71 Å². The molecule has 1 aromatic carbocycles. The number of furan rings is 1. The summed E-state index contributed by atoms with van der Waals surface area (Å²) in [5.74, 6) is 0.968. The van der Waals surface area contributed by atoms with Gasteiger partial charge in [-0.2, -0.15) is 0 Å². The van der Waals surface area contributed by atoms with E-state index in [9.17, 15) is 9.32 Å². The number of hydrogen-bond donors (Lipinski definition) is 3. The zero-order valence-electron chi connectivity index (χ0n) is 16.3. The molecule has 0 saturated heterocycles. The quantitative estimate of drug-likeness (QED) is 0.230. The van der Waals surface area contributed by atoms with Crippen molar-refractivity contribution in [1.29, 1.82) is 0 Å². The molecule has 2 atom stereocenters. The van der Waals surface area contributed by atoms with Crippen LogP contribution in [-0.2, 0) is 11.3 Å². The standard InChI is InChI=1S/C19H23BrN2O5SSi/c1-29(2,3)27-19-16(23)17(26-18(19)14(20)8-9-22-28(24)25)13-10-12-6-4-5-7-15(12)21-11-13/h4-7,10-11,14,22-23H,8-9H2,1-3H3,(H,24,25). The van der Waals surface area contributed by atoms with Crippen molar-refractivity contribution in [3.8, 4) is 22.8 Å². The Morgan fingerprint density at radius 2 is 2.07 bits per heavy atom. The predicted octanol–water partition coefficient (Wildman–Crippen LogP) is 4.97. The monoisotopic (exact) mass is 498 g/mol. The molecule has 3 rings (SSSR count). The zero-order valence-corrected chi connectivity index (χ0v) is 19.7. The summed E-state index contributed by atoms with van der Waals surface area (Å²) in [5.41, 5.74) is 1.49. The Balaban J connectivity index is 2.01. The summed E-state index contributed by atoms with van der Waals surface area (Å²) >= 11 is 1.46. The number of fused-ring (bicyclic) bond motifs is 1. The second kappa shape index (κ2) is 8.96. The Morgan fingerprint density at radius 3 is 2.76 bits per heavy atom. The minimum Gasteiger partial charge on any atom is -0.539 e. The van der Waals surface area contributed by atoms with Crippen LogP contribution in [0.15, 0.2) is 40.9 Å². The van der Waals surface area contributed by atoms with Crippen molar-refractivity contribution in [3.63, 3.8) is 0 Å². The van der Waals surface area contributed by atoms with E-state index in [-0.39, 0.29) is 22.9 Å². The van der Waals surface area contributed by atoms with Crippen LogP contribution in [0.2, 0.25) is 19.6 Å². The third-order valence-corrected chi connectivity index (χ3v) is 6.18. The molecule has 0 saturated carbocycles. The minimum absolute atomic E-state index is 0.0670. The fourth-order valence-corrected chi connectivity index (χ4v) is 4.46. The van der Waals surface area contributed by atoms with E-state index in [1.54, 1.807) is 6.20 Å². The molecule has 2 unspecified atom stereocenters. The van der Waals surface area contributed by atoms with Gasteiger partial charge in [0.1, 0.15) is 0 Å². The Labute approximate surface area is 181 Å². The summed E-state index contributed by atoms with van der Waals surface area (Å²) in [5, 5.41) is 11.8. The van der Waals surface area contributed by atoms with Gasteiger partial charge in [0.25, 0.3) is 0 Å². The number of pyridine rings is 1. The van der Waals surface area contributed by atoms with E-state index in [0.717, 1.165) is 10.9 Å². The first-order chi connectivity index (χ1) is 13.7. The van der Waals surface area contributed by atoms with E-state index in [0.29, 0.717) is 23.5 Å². The van der Waals surface area contributed by atoms with Crippen molar-refractivity contribution in [2.75, 3.05) is 6.54 Å². The van der Waals surface area contributed by atoms with Gasteiger partial charge in [-0.1, -0.05) is 34.1 Å². The van der Waals surface area contributed by atoms with Crippen molar-refractivity contribution in [2.24, 2.45) is 0 Å².